The summed E-state index contributed by atoms with van der Waals surface area (Å²) in [6, 6.07) is 59.1. The maximum Gasteiger partial charge on any atom is 0.136 e. The summed E-state index contributed by atoms with van der Waals surface area (Å²) in [6.45, 7) is 4.72. The first-order valence-electron chi connectivity index (χ1n) is 16.8. The molecular weight excluding hydrogens is 583 g/mol. The first-order chi connectivity index (χ1) is 23.6. The molecular formula is C46H35NO. The lowest BCUT2D eigenvalue weighted by Crippen LogP contribution is -2.20. The van der Waals surface area contributed by atoms with E-state index in [4.69, 9.17) is 4.42 Å². The third-order valence-electron chi connectivity index (χ3n) is 10.4. The van der Waals surface area contributed by atoms with Crippen LogP contribution in [0.25, 0.3) is 55.3 Å². The highest BCUT2D eigenvalue weighted by molar-refractivity contribution is 6.15. The normalized spacial score (nSPS) is 15.0. The maximum absolute atomic E-state index is 6.36. The van der Waals surface area contributed by atoms with Crippen LogP contribution in [0.15, 0.2) is 168 Å². The van der Waals surface area contributed by atoms with Gasteiger partial charge in [-0.1, -0.05) is 129 Å². The summed E-state index contributed by atoms with van der Waals surface area (Å²) in [4.78, 5) is 2.42. The standard InChI is InChI=1S/C46H35NO/c1-3-46(2)40-26-27-43-45(39-22-10-11-23-42(39)48-43)44(40)38-25-24-37(30-41(38)46)47(35-20-12-18-33(28-35)31-14-6-4-7-15-31)36-21-13-19-34(29-36)32-16-8-5-9-17-32/h4-30H,3H2,1-2H3. The van der Waals surface area contributed by atoms with E-state index in [1.807, 2.05) is 0 Å². The van der Waals surface area contributed by atoms with Crippen LogP contribution in [-0.4, -0.2) is 0 Å². The number of furan rings is 1. The monoisotopic (exact) mass is 617 g/mol. The topological polar surface area (TPSA) is 16.4 Å². The van der Waals surface area contributed by atoms with Crippen molar-refractivity contribution in [3.8, 4) is 33.4 Å². The molecule has 1 heterocycles. The lowest BCUT2D eigenvalue weighted by molar-refractivity contribution is 0.564. The minimum Gasteiger partial charge on any atom is -0.456 e. The Morgan fingerprint density at radius 1 is 0.500 bits per heavy atom. The second-order valence-electron chi connectivity index (χ2n) is 13.0. The molecule has 48 heavy (non-hydrogen) atoms. The summed E-state index contributed by atoms with van der Waals surface area (Å²) >= 11 is 0. The fourth-order valence-electron chi connectivity index (χ4n) is 7.79. The molecule has 0 spiro atoms. The molecule has 0 saturated heterocycles. The number of benzene rings is 7. The molecule has 2 nitrogen and oxygen atoms in total. The number of hydrogen-bond donors (Lipinski definition) is 0. The van der Waals surface area contributed by atoms with Crippen molar-refractivity contribution < 1.29 is 4.42 Å². The number of para-hydroxylation sites is 1. The van der Waals surface area contributed by atoms with Crippen LogP contribution in [0.3, 0.4) is 0 Å². The molecule has 0 radical (unpaired) electrons. The molecule has 1 aliphatic rings. The van der Waals surface area contributed by atoms with Crippen molar-refractivity contribution in [2.45, 2.75) is 25.7 Å². The van der Waals surface area contributed by atoms with Gasteiger partial charge >= 0.3 is 0 Å². The Morgan fingerprint density at radius 3 is 1.73 bits per heavy atom. The van der Waals surface area contributed by atoms with Crippen molar-refractivity contribution in [2.24, 2.45) is 0 Å². The SMILES string of the molecule is CCC1(C)c2cc(N(c3cccc(-c4ccccc4)c3)c3cccc(-c4ccccc4)c3)ccc2-c2c1ccc1oc3ccccc3c21. The molecule has 8 aromatic rings. The minimum atomic E-state index is -0.142. The van der Waals surface area contributed by atoms with E-state index in [1.165, 1.54) is 55.3 Å². The zero-order chi connectivity index (χ0) is 32.2. The number of anilines is 3. The smallest absolute Gasteiger partial charge is 0.136 e. The Kier molecular flexibility index (Phi) is 6.58. The van der Waals surface area contributed by atoms with Gasteiger partial charge in [-0.25, -0.2) is 0 Å². The molecule has 0 saturated carbocycles. The zero-order valence-corrected chi connectivity index (χ0v) is 27.2. The van der Waals surface area contributed by atoms with Crippen LogP contribution in [0.4, 0.5) is 17.1 Å². The molecule has 0 N–H and O–H groups in total. The quantitative estimate of drug-likeness (QED) is 0.185. The van der Waals surface area contributed by atoms with Gasteiger partial charge in [0.2, 0.25) is 0 Å². The highest BCUT2D eigenvalue weighted by Crippen LogP contribution is 2.55. The van der Waals surface area contributed by atoms with Gasteiger partial charge in [0, 0.05) is 33.2 Å². The molecule has 7 aromatic carbocycles. The van der Waals surface area contributed by atoms with Crippen molar-refractivity contribution in [3.05, 3.63) is 175 Å². The van der Waals surface area contributed by atoms with Gasteiger partial charge in [-0.3, -0.25) is 0 Å². The average Bonchev–Trinajstić information content (AvgIpc) is 3.65. The molecule has 2 heteroatoms. The molecule has 0 aliphatic heterocycles. The number of hydrogen-bond acceptors (Lipinski definition) is 2. The van der Waals surface area contributed by atoms with E-state index < -0.39 is 0 Å². The van der Waals surface area contributed by atoms with E-state index in [9.17, 15) is 0 Å². The van der Waals surface area contributed by atoms with E-state index in [0.717, 1.165) is 34.6 Å². The van der Waals surface area contributed by atoms with Gasteiger partial charge in [0.25, 0.3) is 0 Å². The molecule has 0 bridgehead atoms. The van der Waals surface area contributed by atoms with Gasteiger partial charge in [0.1, 0.15) is 11.2 Å². The molecule has 1 aromatic heterocycles. The van der Waals surface area contributed by atoms with Crippen molar-refractivity contribution in [1.29, 1.82) is 0 Å². The van der Waals surface area contributed by atoms with Gasteiger partial charge in [-0.05, 0) is 99.5 Å². The van der Waals surface area contributed by atoms with Crippen LogP contribution in [0.5, 0.6) is 0 Å². The first-order valence-corrected chi connectivity index (χ1v) is 16.8. The summed E-state index contributed by atoms with van der Waals surface area (Å²) in [5.41, 5.74) is 15.3. The molecule has 1 aliphatic carbocycles. The molecule has 9 rings (SSSR count). The summed E-state index contributed by atoms with van der Waals surface area (Å²) in [5.74, 6) is 0. The number of fused-ring (bicyclic) bond motifs is 7. The van der Waals surface area contributed by atoms with Gasteiger partial charge in [0.05, 0.1) is 0 Å². The van der Waals surface area contributed by atoms with E-state index in [2.05, 4.69) is 183 Å². The summed E-state index contributed by atoms with van der Waals surface area (Å²) < 4.78 is 6.36. The van der Waals surface area contributed by atoms with Gasteiger partial charge in [-0.15, -0.1) is 0 Å². The lowest BCUT2D eigenvalue weighted by atomic mass is 9.77. The highest BCUT2D eigenvalue weighted by Gasteiger charge is 2.40. The van der Waals surface area contributed by atoms with Crippen molar-refractivity contribution in [3.63, 3.8) is 0 Å². The van der Waals surface area contributed by atoms with E-state index in [0.29, 0.717) is 0 Å². The second kappa shape index (κ2) is 11.1. The minimum absolute atomic E-state index is 0.142. The van der Waals surface area contributed by atoms with E-state index in [1.54, 1.807) is 0 Å². The Hall–Kier alpha value is -5.86. The van der Waals surface area contributed by atoms with Crippen molar-refractivity contribution in [2.75, 3.05) is 4.90 Å². The molecule has 1 atom stereocenters. The first kappa shape index (κ1) is 28.4. The van der Waals surface area contributed by atoms with Crippen LogP contribution in [-0.2, 0) is 5.41 Å². The van der Waals surface area contributed by atoms with Gasteiger partial charge < -0.3 is 9.32 Å². The fraction of sp³-hybridized carbons (Fsp3) is 0.0870. The third kappa shape index (κ3) is 4.41. The summed E-state index contributed by atoms with van der Waals surface area (Å²) in [7, 11) is 0. The van der Waals surface area contributed by atoms with Crippen LogP contribution >= 0.6 is 0 Å². The molecule has 1 unspecified atom stereocenters. The molecule has 0 amide bonds. The largest absolute Gasteiger partial charge is 0.456 e. The Morgan fingerprint density at radius 2 is 1.08 bits per heavy atom. The van der Waals surface area contributed by atoms with Crippen LogP contribution in [0, 0.1) is 0 Å². The second-order valence-corrected chi connectivity index (χ2v) is 13.0. The fourth-order valence-corrected chi connectivity index (χ4v) is 7.79. The Bertz CT molecular complexity index is 2370. The summed E-state index contributed by atoms with van der Waals surface area (Å²) in [6.07, 6.45) is 0.991. The zero-order valence-electron chi connectivity index (χ0n) is 27.2. The lowest BCUT2D eigenvalue weighted by Gasteiger charge is -2.30. The number of rotatable bonds is 6. The van der Waals surface area contributed by atoms with E-state index in [-0.39, 0.29) is 5.41 Å². The highest BCUT2D eigenvalue weighted by atomic mass is 16.3. The van der Waals surface area contributed by atoms with Crippen LogP contribution in [0.1, 0.15) is 31.4 Å². The molecule has 0 fully saturated rings. The van der Waals surface area contributed by atoms with Crippen molar-refractivity contribution in [1.82, 2.24) is 0 Å². The summed E-state index contributed by atoms with van der Waals surface area (Å²) in [5, 5.41) is 2.40. The van der Waals surface area contributed by atoms with Crippen LogP contribution in [0.2, 0.25) is 0 Å². The predicted octanol–water partition coefficient (Wildman–Crippen LogP) is 13.1. The third-order valence-corrected chi connectivity index (χ3v) is 10.4. The average molecular weight is 618 g/mol. The Labute approximate surface area is 281 Å². The van der Waals surface area contributed by atoms with Gasteiger partial charge in [0.15, 0.2) is 0 Å². The Balaban J connectivity index is 1.26. The predicted molar refractivity (Wildman–Crippen MR) is 201 cm³/mol. The maximum atomic E-state index is 6.36. The number of nitrogens with zero attached hydrogens (tertiary/aromatic N) is 1. The van der Waals surface area contributed by atoms with Crippen LogP contribution < -0.4 is 4.90 Å². The van der Waals surface area contributed by atoms with Gasteiger partial charge in [-0.2, -0.15) is 0 Å². The van der Waals surface area contributed by atoms with Crippen molar-refractivity contribution >= 4 is 39.0 Å². The van der Waals surface area contributed by atoms with E-state index >= 15 is 0 Å². The molecule has 230 valence electrons.